The normalized spacial score (nSPS) is 27.7. The molecule has 6 rings (SSSR count). The maximum atomic E-state index is 9.96. The second-order valence-corrected chi connectivity index (χ2v) is 13.8. The van der Waals surface area contributed by atoms with E-state index in [4.69, 9.17) is 33.2 Å². The van der Waals surface area contributed by atoms with E-state index < -0.39 is 49.0 Å². The lowest BCUT2D eigenvalue weighted by Crippen LogP contribution is -2.63. The maximum absolute atomic E-state index is 9.96. The maximum Gasteiger partial charge on any atom is 0.169 e. The van der Waals surface area contributed by atoms with Crippen LogP contribution >= 0.6 is 0 Å². The minimum absolute atomic E-state index is 0.0758. The average molecular weight is 749 g/mol. The van der Waals surface area contributed by atoms with Crippen LogP contribution in [-0.2, 0) is 59.6 Å². The zero-order valence-electron chi connectivity index (χ0n) is 31.1. The SMILES string of the molecule is C[C@@H]1[C@@H](OC2O[C@H](CN=[N+]=[N-])[C@H](OCc3ccccc3)[C@H](OCc3ccccc3)[C@H]2N=[N+]=[N-])[C@@H](OCc2ccccc2)[C@@H](COCc2ccccc2)O[C@H]1C. The topological polar surface area (TPSA) is 162 Å². The predicted molar refractivity (Wildman–Crippen MR) is 205 cm³/mol. The van der Waals surface area contributed by atoms with Crippen LogP contribution in [0.5, 0.6) is 0 Å². The van der Waals surface area contributed by atoms with Crippen molar-refractivity contribution in [1.29, 1.82) is 0 Å². The number of hydrogen-bond acceptors (Lipinski definition) is 9. The van der Waals surface area contributed by atoms with Gasteiger partial charge in [-0.2, -0.15) is 0 Å². The third kappa shape index (κ3) is 11.1. The smallest absolute Gasteiger partial charge is 0.169 e. The molecule has 10 atom stereocenters. The lowest BCUT2D eigenvalue weighted by atomic mass is 9.88. The van der Waals surface area contributed by atoms with Gasteiger partial charge in [-0.3, -0.25) is 0 Å². The van der Waals surface area contributed by atoms with Gasteiger partial charge in [0.1, 0.15) is 30.5 Å². The molecule has 13 heteroatoms. The van der Waals surface area contributed by atoms with Gasteiger partial charge in [-0.05, 0) is 40.2 Å². The molecule has 1 unspecified atom stereocenters. The van der Waals surface area contributed by atoms with Gasteiger partial charge in [0.05, 0.1) is 57.9 Å². The zero-order valence-corrected chi connectivity index (χ0v) is 31.1. The molecule has 2 aliphatic heterocycles. The van der Waals surface area contributed by atoms with Crippen molar-refractivity contribution in [1.82, 2.24) is 0 Å². The van der Waals surface area contributed by atoms with E-state index in [-0.39, 0.29) is 38.4 Å². The molecule has 288 valence electrons. The number of ether oxygens (including phenoxy) is 7. The van der Waals surface area contributed by atoms with Crippen LogP contribution < -0.4 is 0 Å². The van der Waals surface area contributed by atoms with E-state index in [0.717, 1.165) is 22.3 Å². The molecule has 0 amide bonds. The largest absolute Gasteiger partial charge is 0.374 e. The Bertz CT molecular complexity index is 1820. The summed E-state index contributed by atoms with van der Waals surface area (Å²) in [5.41, 5.74) is 23.2. The zero-order chi connectivity index (χ0) is 38.2. The van der Waals surface area contributed by atoms with Gasteiger partial charge >= 0.3 is 0 Å². The Labute approximate surface area is 321 Å². The van der Waals surface area contributed by atoms with Crippen molar-refractivity contribution in [3.63, 3.8) is 0 Å². The van der Waals surface area contributed by atoms with Crippen molar-refractivity contribution in [2.75, 3.05) is 13.2 Å². The highest BCUT2D eigenvalue weighted by atomic mass is 16.7. The van der Waals surface area contributed by atoms with Gasteiger partial charge in [-0.15, -0.1) is 0 Å². The van der Waals surface area contributed by atoms with E-state index in [1.165, 1.54) is 0 Å². The Kier molecular flexibility index (Phi) is 15.1. The van der Waals surface area contributed by atoms with Crippen LogP contribution in [0.1, 0.15) is 36.1 Å². The first-order valence-corrected chi connectivity index (χ1v) is 18.6. The predicted octanol–water partition coefficient (Wildman–Crippen LogP) is 8.48. The molecule has 2 fully saturated rings. The molecule has 0 N–H and O–H groups in total. The molecule has 0 radical (unpaired) electrons. The Balaban J connectivity index is 1.30. The number of azide groups is 2. The highest BCUT2D eigenvalue weighted by Crippen LogP contribution is 2.37. The fourth-order valence-electron chi connectivity index (χ4n) is 6.96. The van der Waals surface area contributed by atoms with Gasteiger partial charge in [0.15, 0.2) is 6.29 Å². The van der Waals surface area contributed by atoms with Crippen LogP contribution in [0.4, 0.5) is 0 Å². The summed E-state index contributed by atoms with van der Waals surface area (Å²) in [5.74, 6) is -0.187. The molecular formula is C42H48N6O7. The third-order valence-electron chi connectivity index (χ3n) is 10.0. The molecule has 0 aliphatic carbocycles. The highest BCUT2D eigenvalue weighted by Gasteiger charge is 2.51. The van der Waals surface area contributed by atoms with Gasteiger partial charge < -0.3 is 33.2 Å². The number of rotatable bonds is 18. The summed E-state index contributed by atoms with van der Waals surface area (Å²) in [5, 5.41) is 8.12. The Hall–Kier alpha value is -4.78. The van der Waals surface area contributed by atoms with Gasteiger partial charge in [0.25, 0.3) is 0 Å². The van der Waals surface area contributed by atoms with Gasteiger partial charge in [0.2, 0.25) is 0 Å². The molecule has 2 aliphatic rings. The van der Waals surface area contributed by atoms with Crippen molar-refractivity contribution in [3.8, 4) is 0 Å². The van der Waals surface area contributed by atoms with Crippen LogP contribution in [-0.4, -0.2) is 68.2 Å². The molecule has 4 aromatic carbocycles. The Morgan fingerprint density at radius 2 is 1.04 bits per heavy atom. The molecule has 2 heterocycles. The molecular weight excluding hydrogens is 700 g/mol. The van der Waals surface area contributed by atoms with E-state index in [9.17, 15) is 11.1 Å². The molecule has 0 aromatic heterocycles. The number of hydrogen-bond donors (Lipinski definition) is 0. The molecule has 0 saturated carbocycles. The monoisotopic (exact) mass is 748 g/mol. The van der Waals surface area contributed by atoms with E-state index in [1.807, 2.05) is 135 Å². The highest BCUT2D eigenvalue weighted by molar-refractivity contribution is 5.16. The molecule has 2 saturated heterocycles. The lowest BCUT2D eigenvalue weighted by Gasteiger charge is -2.49. The van der Waals surface area contributed by atoms with Crippen molar-refractivity contribution in [2.45, 2.75) is 95.3 Å². The minimum Gasteiger partial charge on any atom is -0.374 e. The van der Waals surface area contributed by atoms with E-state index in [2.05, 4.69) is 20.1 Å². The van der Waals surface area contributed by atoms with Gasteiger partial charge in [-0.25, -0.2) is 0 Å². The first-order chi connectivity index (χ1) is 27.0. The molecule has 55 heavy (non-hydrogen) atoms. The van der Waals surface area contributed by atoms with Gasteiger partial charge in [-0.1, -0.05) is 138 Å². The van der Waals surface area contributed by atoms with Crippen LogP contribution in [0, 0.1) is 5.92 Å². The lowest BCUT2D eigenvalue weighted by molar-refractivity contribution is -0.320. The summed E-state index contributed by atoms with van der Waals surface area (Å²) in [6.45, 7) is 5.32. The average Bonchev–Trinajstić information content (AvgIpc) is 3.22. The Morgan fingerprint density at radius 3 is 1.53 bits per heavy atom. The van der Waals surface area contributed by atoms with Crippen molar-refractivity contribution >= 4 is 0 Å². The third-order valence-corrected chi connectivity index (χ3v) is 10.0. The molecule has 4 aromatic rings. The fraction of sp³-hybridized carbons (Fsp3) is 0.429. The summed E-state index contributed by atoms with van der Waals surface area (Å²) >= 11 is 0. The van der Waals surface area contributed by atoms with Crippen molar-refractivity contribution < 1.29 is 33.2 Å². The summed E-state index contributed by atoms with van der Waals surface area (Å²) in [6, 6.07) is 38.2. The fourth-order valence-corrected chi connectivity index (χ4v) is 6.96. The van der Waals surface area contributed by atoms with Crippen LogP contribution in [0.2, 0.25) is 0 Å². The van der Waals surface area contributed by atoms with E-state index in [1.54, 1.807) is 0 Å². The van der Waals surface area contributed by atoms with Gasteiger partial charge in [0, 0.05) is 15.7 Å². The van der Waals surface area contributed by atoms with Crippen LogP contribution in [0.25, 0.3) is 20.9 Å². The van der Waals surface area contributed by atoms with E-state index >= 15 is 0 Å². The second-order valence-electron chi connectivity index (χ2n) is 13.8. The minimum atomic E-state index is -1.13. The molecule has 0 spiro atoms. The molecule has 0 bridgehead atoms. The van der Waals surface area contributed by atoms with Crippen molar-refractivity contribution in [3.05, 3.63) is 164 Å². The summed E-state index contributed by atoms with van der Waals surface area (Å²) in [4.78, 5) is 6.25. The quantitative estimate of drug-likeness (QED) is 0.0560. The van der Waals surface area contributed by atoms with Crippen LogP contribution in [0.15, 0.2) is 132 Å². The van der Waals surface area contributed by atoms with E-state index in [0.29, 0.717) is 13.2 Å². The number of nitrogens with zero attached hydrogens (tertiary/aromatic N) is 6. The summed E-state index contributed by atoms with van der Waals surface area (Å²) in [7, 11) is 0. The van der Waals surface area contributed by atoms with Crippen molar-refractivity contribution in [2.24, 2.45) is 16.1 Å². The Morgan fingerprint density at radius 1 is 0.564 bits per heavy atom. The summed E-state index contributed by atoms with van der Waals surface area (Å²) in [6.07, 6.45) is -5.54. The molecule has 13 nitrogen and oxygen atoms in total. The number of benzene rings is 4. The van der Waals surface area contributed by atoms with Crippen LogP contribution in [0.3, 0.4) is 0 Å². The first kappa shape index (κ1) is 39.9. The second kappa shape index (κ2) is 20.8. The first-order valence-electron chi connectivity index (χ1n) is 18.6. The standard InChI is InChI=1S/C42H48N6O7/c1-29-30(2)53-36(28-49-24-31-15-7-3-8-16-31)40(51-26-33-19-11-5-12-20-33)38(29)55-42-37(46-48-44)41(52-27-34-21-13-6-14-22-34)39(35(54-42)23-45-47-43)50-25-32-17-9-4-10-18-32/h3-22,29-30,35-42H,23-28H2,1-2H3/t29-,30-,35+,36+,37+,38+,39-,40-,41+,42?/m0/s1. The summed E-state index contributed by atoms with van der Waals surface area (Å²) < 4.78 is 46.1.